The van der Waals surface area contributed by atoms with Crippen molar-refractivity contribution in [2.75, 3.05) is 26.6 Å². The number of ether oxygens (including phenoxy) is 3. The van der Waals surface area contributed by atoms with Crippen molar-refractivity contribution in [1.29, 1.82) is 0 Å². The lowest BCUT2D eigenvalue weighted by atomic mass is 10.0. The molecule has 3 aromatic rings. The second-order valence-electron chi connectivity index (χ2n) is 6.26. The number of hydrogen-bond acceptors (Lipinski definition) is 8. The van der Waals surface area contributed by atoms with Gasteiger partial charge in [0.05, 0.1) is 27.5 Å². The third kappa shape index (κ3) is 4.15. The van der Waals surface area contributed by atoms with Crippen molar-refractivity contribution in [1.82, 2.24) is 0 Å². The summed E-state index contributed by atoms with van der Waals surface area (Å²) in [5.41, 5.74) is -0.119. The minimum atomic E-state index is -0.837. The van der Waals surface area contributed by atoms with Crippen molar-refractivity contribution in [2.45, 2.75) is 12.6 Å². The molecule has 0 spiro atoms. The Kier molecular flexibility index (Phi) is 6.43. The summed E-state index contributed by atoms with van der Waals surface area (Å²) >= 11 is 0. The fraction of sp³-hybridized carbons (Fsp3) is 0.238. The first-order valence-corrected chi connectivity index (χ1v) is 9.02. The van der Waals surface area contributed by atoms with E-state index in [0.29, 0.717) is 28.6 Å². The molecule has 0 bridgehead atoms. The maximum atomic E-state index is 12.2. The minimum absolute atomic E-state index is 0.0177. The van der Waals surface area contributed by atoms with Crippen LogP contribution in [0.25, 0.3) is 0 Å². The molecule has 0 aliphatic rings. The Morgan fingerprint density at radius 1 is 1.10 bits per heavy atom. The summed E-state index contributed by atoms with van der Waals surface area (Å²) in [6.07, 6.45) is 1.72. The van der Waals surface area contributed by atoms with Gasteiger partial charge in [-0.2, -0.15) is 0 Å². The first kappa shape index (κ1) is 21.0. The van der Waals surface area contributed by atoms with Gasteiger partial charge in [0.2, 0.25) is 16.9 Å². The van der Waals surface area contributed by atoms with Crippen LogP contribution in [0, 0.1) is 0 Å². The lowest BCUT2D eigenvalue weighted by molar-refractivity contribution is -0.361. The van der Waals surface area contributed by atoms with Crippen LogP contribution in [0.15, 0.2) is 51.8 Å². The Morgan fingerprint density at radius 2 is 1.80 bits per heavy atom. The van der Waals surface area contributed by atoms with Crippen molar-refractivity contribution >= 4 is 5.82 Å². The van der Waals surface area contributed by atoms with E-state index in [4.69, 9.17) is 18.6 Å². The molecule has 1 atom stereocenters. The molecule has 2 aromatic heterocycles. The average molecular weight is 415 g/mol. The third-order valence-corrected chi connectivity index (χ3v) is 4.45. The first-order valence-electron chi connectivity index (χ1n) is 9.02. The van der Waals surface area contributed by atoms with Gasteiger partial charge in [0.15, 0.2) is 23.3 Å². The Balaban J connectivity index is 2.23. The highest BCUT2D eigenvalue weighted by molar-refractivity contribution is 5.57. The quantitative estimate of drug-likeness (QED) is 0.509. The molecule has 9 heteroatoms. The highest BCUT2D eigenvalue weighted by Crippen LogP contribution is 2.42. The second-order valence-corrected chi connectivity index (χ2v) is 6.26. The van der Waals surface area contributed by atoms with Gasteiger partial charge in [-0.1, -0.05) is 6.07 Å². The van der Waals surface area contributed by atoms with E-state index in [9.17, 15) is 15.0 Å². The molecule has 4 N–H and O–H groups in total. The monoisotopic (exact) mass is 415 g/mol. The minimum Gasteiger partial charge on any atom is -0.502 e. The third-order valence-electron chi connectivity index (χ3n) is 4.45. The van der Waals surface area contributed by atoms with E-state index in [-0.39, 0.29) is 11.5 Å². The summed E-state index contributed by atoms with van der Waals surface area (Å²) in [5, 5.41) is 23.1. The van der Waals surface area contributed by atoms with Gasteiger partial charge in [-0.25, -0.2) is 4.98 Å². The van der Waals surface area contributed by atoms with Crippen molar-refractivity contribution in [2.24, 2.45) is 0 Å². The zero-order chi connectivity index (χ0) is 21.7. The number of methoxy groups -OCH3 is 3. The highest BCUT2D eigenvalue weighted by Gasteiger charge is 2.30. The van der Waals surface area contributed by atoms with Crippen LogP contribution in [0.4, 0.5) is 5.82 Å². The molecular weight excluding hydrogens is 392 g/mol. The number of rotatable bonds is 8. The zero-order valence-corrected chi connectivity index (χ0v) is 16.8. The van der Waals surface area contributed by atoms with Gasteiger partial charge in [0.25, 0.3) is 5.82 Å². The Bertz CT molecular complexity index is 1040. The van der Waals surface area contributed by atoms with E-state index in [1.165, 1.54) is 21.3 Å². The highest BCUT2D eigenvalue weighted by atomic mass is 16.5. The predicted molar refractivity (Wildman–Crippen MR) is 107 cm³/mol. The number of hydrogen-bond donors (Lipinski definition) is 3. The number of aromatic nitrogens is 1. The van der Waals surface area contributed by atoms with E-state index in [1.807, 2.05) is 12.1 Å². The van der Waals surface area contributed by atoms with Crippen LogP contribution in [0.3, 0.4) is 0 Å². The molecule has 30 heavy (non-hydrogen) atoms. The van der Waals surface area contributed by atoms with Crippen LogP contribution in [-0.4, -0.2) is 31.5 Å². The molecule has 0 saturated carbocycles. The fourth-order valence-electron chi connectivity index (χ4n) is 3.04. The summed E-state index contributed by atoms with van der Waals surface area (Å²) in [4.78, 5) is 15.3. The Hall–Kier alpha value is -3.72. The maximum Gasteiger partial charge on any atom is 0.273 e. The number of anilines is 1. The van der Waals surface area contributed by atoms with Crippen LogP contribution in [0.5, 0.6) is 23.0 Å². The van der Waals surface area contributed by atoms with Crippen LogP contribution in [0.2, 0.25) is 0 Å². The van der Waals surface area contributed by atoms with E-state index < -0.39 is 23.8 Å². The van der Waals surface area contributed by atoms with Gasteiger partial charge in [-0.05, 0) is 18.2 Å². The molecule has 0 unspecified atom stereocenters. The summed E-state index contributed by atoms with van der Waals surface area (Å²) < 4.78 is 21.8. The molecule has 3 rings (SSSR count). The average Bonchev–Trinajstić information content (AvgIpc) is 2.79. The molecule has 0 fully saturated rings. The van der Waals surface area contributed by atoms with Crippen molar-refractivity contribution in [3.63, 3.8) is 0 Å². The van der Waals surface area contributed by atoms with E-state index in [2.05, 4.69) is 10.3 Å². The van der Waals surface area contributed by atoms with Gasteiger partial charge in [-0.15, -0.1) is 0 Å². The van der Waals surface area contributed by atoms with Crippen LogP contribution >= 0.6 is 0 Å². The zero-order valence-electron chi connectivity index (χ0n) is 16.8. The molecule has 0 saturated heterocycles. The Labute approximate surface area is 172 Å². The second kappa shape index (κ2) is 9.19. The maximum absolute atomic E-state index is 12.2. The van der Waals surface area contributed by atoms with Crippen molar-refractivity contribution < 1.29 is 33.8 Å². The lowest BCUT2D eigenvalue weighted by Gasteiger charge is -2.19. The standard InChI is InChI=1S/C21H22N2O7/c1-27-15-8-12(9-16(28-2)20(15)29-3)18(23-17-6-4-5-7-22-17)21-19(26)14(25)10-13(11-24)30-21/h4-10,18,24,26H,11H2,1-3H3,(H,22,23)/p+1/t18-/m1/s1. The molecule has 1 aromatic carbocycles. The molecule has 158 valence electrons. The first-order chi connectivity index (χ1) is 14.5. The van der Waals surface area contributed by atoms with E-state index in [1.54, 1.807) is 24.4 Å². The van der Waals surface area contributed by atoms with Crippen molar-refractivity contribution in [3.05, 3.63) is 69.9 Å². The number of aromatic amines is 1. The van der Waals surface area contributed by atoms with Crippen LogP contribution in [0.1, 0.15) is 23.1 Å². The molecule has 0 radical (unpaired) electrons. The fourth-order valence-corrected chi connectivity index (χ4v) is 3.04. The predicted octanol–water partition coefficient (Wildman–Crippen LogP) is 1.88. The summed E-state index contributed by atoms with van der Waals surface area (Å²) in [7, 11) is 4.46. The smallest absolute Gasteiger partial charge is 0.273 e. The number of benzene rings is 1. The largest absolute Gasteiger partial charge is 0.502 e. The number of pyridine rings is 1. The molecule has 0 aliphatic heterocycles. The van der Waals surface area contributed by atoms with Crippen LogP contribution < -0.4 is 29.9 Å². The van der Waals surface area contributed by atoms with Crippen molar-refractivity contribution in [3.8, 4) is 23.0 Å². The van der Waals surface area contributed by atoms with Gasteiger partial charge < -0.3 is 28.8 Å². The number of aliphatic hydroxyl groups excluding tert-OH is 1. The van der Waals surface area contributed by atoms with E-state index in [0.717, 1.165) is 6.07 Å². The molecule has 0 amide bonds. The lowest BCUT2D eigenvalue weighted by Crippen LogP contribution is -2.21. The molecule has 9 nitrogen and oxygen atoms in total. The number of aromatic hydroxyl groups is 1. The van der Waals surface area contributed by atoms with Gasteiger partial charge in [0.1, 0.15) is 12.4 Å². The summed E-state index contributed by atoms with van der Waals surface area (Å²) in [6, 6.07) is 8.95. The summed E-state index contributed by atoms with van der Waals surface area (Å²) in [5.74, 6) is 1.12. The topological polar surface area (TPSA) is 125 Å². The molecule has 2 heterocycles. The van der Waals surface area contributed by atoms with E-state index >= 15 is 0 Å². The number of aliphatic hydroxyl groups is 1. The SMILES string of the molecule is COc1cc([C@@H](Nc2cccc[nH+]2)c2oc(CO)cc(=O)c2O)cc(OC)c1OC. The number of nitrogens with one attached hydrogen (secondary N) is 2. The van der Waals surface area contributed by atoms with Crippen LogP contribution in [-0.2, 0) is 6.61 Å². The molecule has 0 aliphatic carbocycles. The number of H-pyrrole nitrogens is 1. The summed E-state index contributed by atoms with van der Waals surface area (Å²) in [6.45, 7) is -0.498. The molecular formula is C21H23N2O7+. The normalized spacial score (nSPS) is 11.6. The van der Waals surface area contributed by atoms with Gasteiger partial charge in [-0.3, -0.25) is 10.1 Å². The Morgan fingerprint density at radius 3 is 2.33 bits per heavy atom. The van der Waals surface area contributed by atoms with Gasteiger partial charge in [0, 0.05) is 17.7 Å². The van der Waals surface area contributed by atoms with Gasteiger partial charge >= 0.3 is 0 Å².